The number of alkyl halides is 3. The maximum atomic E-state index is 11.8. The van der Waals surface area contributed by atoms with E-state index in [9.17, 15) is 13.2 Å². The highest BCUT2D eigenvalue weighted by atomic mass is 35.5. The minimum Gasteiger partial charge on any atom is -0.220 e. The Hall–Kier alpha value is -1.17. The Bertz CT molecular complexity index is 309. The van der Waals surface area contributed by atoms with Gasteiger partial charge in [-0.15, -0.1) is 0 Å². The van der Waals surface area contributed by atoms with E-state index >= 15 is 0 Å². The summed E-state index contributed by atoms with van der Waals surface area (Å²) in [6.45, 7) is 0. The molecule has 0 saturated carbocycles. The number of aliphatic imine (C=N–C) groups is 1. The number of nitrogens with zero attached hydrogens (tertiary/aromatic N) is 3. The Morgan fingerprint density at radius 1 is 1.31 bits per heavy atom. The standard InChI is InChI=1S/C6H3ClF3N3/c7-4(6(8,9)10)13-5-11-2-1-3-12-5/h1-3H. The first kappa shape index (κ1) is 9.91. The second-order valence-corrected chi connectivity index (χ2v) is 2.31. The van der Waals surface area contributed by atoms with E-state index in [0.717, 1.165) is 0 Å². The molecule has 0 aliphatic heterocycles. The summed E-state index contributed by atoms with van der Waals surface area (Å²) in [6.07, 6.45) is -2.11. The molecule has 0 unspecified atom stereocenters. The minimum atomic E-state index is -4.65. The maximum Gasteiger partial charge on any atom is 0.444 e. The predicted octanol–water partition coefficient (Wildman–Crippen LogP) is 2.31. The van der Waals surface area contributed by atoms with Crippen LogP contribution in [0.2, 0.25) is 0 Å². The molecule has 0 bridgehead atoms. The van der Waals surface area contributed by atoms with E-state index < -0.39 is 11.3 Å². The van der Waals surface area contributed by atoms with Crippen LogP contribution >= 0.6 is 11.6 Å². The molecule has 13 heavy (non-hydrogen) atoms. The Morgan fingerprint density at radius 2 is 1.85 bits per heavy atom. The number of aromatic nitrogens is 2. The summed E-state index contributed by atoms with van der Waals surface area (Å²) in [6, 6.07) is 1.46. The van der Waals surface area contributed by atoms with Gasteiger partial charge in [-0.25, -0.2) is 9.97 Å². The molecule has 0 radical (unpaired) electrons. The molecule has 1 aromatic rings. The summed E-state index contributed by atoms with van der Waals surface area (Å²) in [4.78, 5) is 9.86. The van der Waals surface area contributed by atoms with Crippen molar-refractivity contribution >= 4 is 22.7 Å². The molecular formula is C6H3ClF3N3. The van der Waals surface area contributed by atoms with Crippen LogP contribution in [0.5, 0.6) is 0 Å². The topological polar surface area (TPSA) is 38.1 Å². The van der Waals surface area contributed by atoms with Crippen molar-refractivity contribution in [3.05, 3.63) is 18.5 Å². The van der Waals surface area contributed by atoms with Crippen molar-refractivity contribution < 1.29 is 13.2 Å². The van der Waals surface area contributed by atoms with Crippen LogP contribution in [0.1, 0.15) is 0 Å². The lowest BCUT2D eigenvalue weighted by molar-refractivity contribution is -0.0558. The Balaban J connectivity index is 2.90. The zero-order valence-electron chi connectivity index (χ0n) is 6.09. The van der Waals surface area contributed by atoms with Crippen molar-refractivity contribution in [2.45, 2.75) is 6.18 Å². The lowest BCUT2D eigenvalue weighted by Gasteiger charge is -2.01. The summed E-state index contributed by atoms with van der Waals surface area (Å²) in [7, 11) is 0. The number of hydrogen-bond acceptors (Lipinski definition) is 3. The third-order valence-corrected chi connectivity index (χ3v) is 1.28. The Morgan fingerprint density at radius 3 is 2.31 bits per heavy atom. The third-order valence-electron chi connectivity index (χ3n) is 0.984. The van der Waals surface area contributed by atoms with Gasteiger partial charge in [0.15, 0.2) is 0 Å². The van der Waals surface area contributed by atoms with E-state index in [1.807, 2.05) is 0 Å². The van der Waals surface area contributed by atoms with Crippen LogP contribution in [0, 0.1) is 0 Å². The van der Waals surface area contributed by atoms with Gasteiger partial charge in [-0.3, -0.25) is 0 Å². The molecule has 0 aromatic carbocycles. The summed E-state index contributed by atoms with van der Waals surface area (Å²) in [5.74, 6) is -0.315. The fraction of sp³-hybridized carbons (Fsp3) is 0.167. The van der Waals surface area contributed by atoms with Gasteiger partial charge in [-0.1, -0.05) is 11.6 Å². The molecule has 1 rings (SSSR count). The van der Waals surface area contributed by atoms with Crippen molar-refractivity contribution in [2.24, 2.45) is 4.99 Å². The van der Waals surface area contributed by atoms with E-state index in [4.69, 9.17) is 11.6 Å². The van der Waals surface area contributed by atoms with Gasteiger partial charge < -0.3 is 0 Å². The fourth-order valence-corrected chi connectivity index (χ4v) is 0.576. The van der Waals surface area contributed by atoms with E-state index in [1.165, 1.54) is 18.5 Å². The van der Waals surface area contributed by atoms with Gasteiger partial charge >= 0.3 is 6.18 Å². The van der Waals surface area contributed by atoms with Gasteiger partial charge in [0.1, 0.15) is 0 Å². The predicted molar refractivity (Wildman–Crippen MR) is 41.0 cm³/mol. The van der Waals surface area contributed by atoms with Gasteiger partial charge in [0.2, 0.25) is 5.17 Å². The van der Waals surface area contributed by atoms with Crippen LogP contribution in [-0.2, 0) is 0 Å². The fourth-order valence-electron chi connectivity index (χ4n) is 0.500. The van der Waals surface area contributed by atoms with Crippen molar-refractivity contribution in [3.63, 3.8) is 0 Å². The van der Waals surface area contributed by atoms with Crippen LogP contribution in [-0.4, -0.2) is 21.3 Å². The molecule has 0 spiro atoms. The quantitative estimate of drug-likeness (QED) is 0.666. The van der Waals surface area contributed by atoms with Crippen molar-refractivity contribution in [2.75, 3.05) is 0 Å². The van der Waals surface area contributed by atoms with Crippen LogP contribution in [0.15, 0.2) is 23.5 Å². The van der Waals surface area contributed by atoms with Gasteiger partial charge in [0.25, 0.3) is 5.95 Å². The SMILES string of the molecule is FC(F)(F)C(Cl)=Nc1ncccn1. The first-order valence-electron chi connectivity index (χ1n) is 3.08. The summed E-state index contributed by atoms with van der Waals surface area (Å²) < 4.78 is 35.4. The highest BCUT2D eigenvalue weighted by Crippen LogP contribution is 2.21. The van der Waals surface area contributed by atoms with Crippen LogP contribution in [0.3, 0.4) is 0 Å². The van der Waals surface area contributed by atoms with E-state index in [2.05, 4.69) is 15.0 Å². The molecule has 1 aromatic heterocycles. The number of rotatable bonds is 1. The third kappa shape index (κ3) is 2.98. The molecule has 3 nitrogen and oxygen atoms in total. The molecule has 0 aliphatic rings. The minimum absolute atomic E-state index is 0.315. The monoisotopic (exact) mass is 209 g/mol. The molecule has 0 atom stereocenters. The van der Waals surface area contributed by atoms with Crippen molar-refractivity contribution in [3.8, 4) is 0 Å². The average Bonchev–Trinajstić information content (AvgIpc) is 2.04. The van der Waals surface area contributed by atoms with Gasteiger partial charge in [0, 0.05) is 12.4 Å². The molecule has 0 amide bonds. The molecule has 70 valence electrons. The van der Waals surface area contributed by atoms with E-state index in [-0.39, 0.29) is 5.95 Å². The normalized spacial score (nSPS) is 13.1. The number of hydrogen-bond donors (Lipinski definition) is 0. The van der Waals surface area contributed by atoms with Crippen LogP contribution in [0.25, 0.3) is 0 Å². The van der Waals surface area contributed by atoms with E-state index in [0.29, 0.717) is 0 Å². The Kier molecular flexibility index (Phi) is 2.82. The van der Waals surface area contributed by atoms with Crippen molar-refractivity contribution in [1.29, 1.82) is 0 Å². The first-order valence-corrected chi connectivity index (χ1v) is 3.46. The summed E-state index contributed by atoms with van der Waals surface area (Å²) in [5.41, 5.74) is 0. The average molecular weight is 210 g/mol. The first-order chi connectivity index (χ1) is 6.00. The highest BCUT2D eigenvalue weighted by Gasteiger charge is 2.34. The van der Waals surface area contributed by atoms with Gasteiger partial charge in [-0.05, 0) is 6.07 Å². The van der Waals surface area contributed by atoms with Crippen LogP contribution in [0.4, 0.5) is 19.1 Å². The lowest BCUT2D eigenvalue weighted by atomic mass is 10.6. The Labute approximate surface area is 76.3 Å². The molecule has 7 heteroatoms. The lowest BCUT2D eigenvalue weighted by Crippen LogP contribution is -2.16. The molecule has 0 fully saturated rings. The molecule has 1 heterocycles. The highest BCUT2D eigenvalue weighted by molar-refractivity contribution is 6.67. The second kappa shape index (κ2) is 3.69. The zero-order chi connectivity index (χ0) is 9.90. The van der Waals surface area contributed by atoms with Gasteiger partial charge in [-0.2, -0.15) is 18.2 Å². The second-order valence-electron chi connectivity index (χ2n) is 1.95. The summed E-state index contributed by atoms with van der Waals surface area (Å²) in [5, 5.41) is -1.49. The van der Waals surface area contributed by atoms with Gasteiger partial charge in [0.05, 0.1) is 0 Å². The smallest absolute Gasteiger partial charge is 0.220 e. The zero-order valence-corrected chi connectivity index (χ0v) is 6.84. The molecule has 0 N–H and O–H groups in total. The molecular weight excluding hydrogens is 207 g/mol. The molecule has 0 aliphatic carbocycles. The van der Waals surface area contributed by atoms with Crippen molar-refractivity contribution in [1.82, 2.24) is 9.97 Å². The summed E-state index contributed by atoms with van der Waals surface area (Å²) >= 11 is 4.84. The largest absolute Gasteiger partial charge is 0.444 e. The maximum absolute atomic E-state index is 11.8. The molecule has 0 saturated heterocycles. The van der Waals surface area contributed by atoms with E-state index in [1.54, 1.807) is 0 Å². The number of halogens is 4. The van der Waals surface area contributed by atoms with Crippen LogP contribution < -0.4 is 0 Å².